The van der Waals surface area contributed by atoms with Crippen LogP contribution in [0.4, 0.5) is 5.69 Å². The summed E-state index contributed by atoms with van der Waals surface area (Å²) in [5.41, 5.74) is 3.44. The van der Waals surface area contributed by atoms with E-state index >= 15 is 0 Å². The van der Waals surface area contributed by atoms with E-state index in [9.17, 15) is 23.4 Å². The molecule has 2 aliphatic heterocycles. The van der Waals surface area contributed by atoms with E-state index in [0.717, 1.165) is 24.8 Å². The Morgan fingerprint density at radius 3 is 2.57 bits per heavy atom. The minimum absolute atomic E-state index is 0.0960. The molecule has 1 fully saturated rings. The third kappa shape index (κ3) is 5.52. The second-order valence-corrected chi connectivity index (χ2v) is 11.8. The minimum Gasteiger partial charge on any atom is -0.493 e. The van der Waals surface area contributed by atoms with Crippen LogP contribution in [0.25, 0.3) is 0 Å². The number of piperidine rings is 1. The van der Waals surface area contributed by atoms with Gasteiger partial charge >= 0.3 is 0 Å². The van der Waals surface area contributed by atoms with Crippen molar-refractivity contribution in [3.8, 4) is 5.75 Å². The van der Waals surface area contributed by atoms with Gasteiger partial charge in [-0.15, -0.1) is 0 Å². The van der Waals surface area contributed by atoms with Gasteiger partial charge in [0.2, 0.25) is 10.0 Å². The number of aryl methyl sites for hydroxylation is 2. The number of pyridine rings is 1. The van der Waals surface area contributed by atoms with E-state index in [0.29, 0.717) is 54.1 Å². The van der Waals surface area contributed by atoms with Crippen LogP contribution in [0.3, 0.4) is 0 Å². The lowest BCUT2D eigenvalue weighted by Crippen LogP contribution is -2.42. The number of aliphatic hydroxyl groups excluding tert-OH is 2. The Hall–Kier alpha value is -2.53. The highest BCUT2D eigenvalue weighted by atomic mass is 32.2. The first-order chi connectivity index (χ1) is 17.7. The number of benzene rings is 1. The fourth-order valence-corrected chi connectivity index (χ4v) is 6.64. The smallest absolute Gasteiger partial charge is 0.256 e. The largest absolute Gasteiger partial charge is 0.493 e. The molecule has 2 N–H and O–H groups in total. The minimum atomic E-state index is -3.79. The van der Waals surface area contributed by atoms with Crippen molar-refractivity contribution in [1.29, 1.82) is 0 Å². The first kappa shape index (κ1) is 27.5. The van der Waals surface area contributed by atoms with Crippen LogP contribution in [-0.4, -0.2) is 65.6 Å². The Labute approximate surface area is 218 Å². The van der Waals surface area contributed by atoms with Crippen LogP contribution >= 0.6 is 0 Å². The van der Waals surface area contributed by atoms with Gasteiger partial charge < -0.3 is 19.5 Å². The molecule has 0 amide bonds. The van der Waals surface area contributed by atoms with Crippen LogP contribution in [0, 0.1) is 5.92 Å². The molecule has 0 radical (unpaired) electrons. The van der Waals surface area contributed by atoms with Crippen molar-refractivity contribution in [2.45, 2.75) is 63.4 Å². The molecule has 0 saturated carbocycles. The summed E-state index contributed by atoms with van der Waals surface area (Å²) in [7, 11) is -2.05. The van der Waals surface area contributed by atoms with Crippen LogP contribution < -0.4 is 10.3 Å². The quantitative estimate of drug-likeness (QED) is 0.486. The first-order valence-corrected chi connectivity index (χ1v) is 14.5. The van der Waals surface area contributed by atoms with Gasteiger partial charge in [0.25, 0.3) is 5.56 Å². The van der Waals surface area contributed by atoms with E-state index in [1.165, 1.54) is 4.31 Å². The third-order valence-corrected chi connectivity index (χ3v) is 9.11. The van der Waals surface area contributed by atoms with E-state index < -0.39 is 16.1 Å². The fraction of sp³-hybridized carbons (Fsp3) is 0.556. The molecule has 37 heavy (non-hydrogen) atoms. The number of nitrogens with zero attached hydrogens (tertiary/aromatic N) is 3. The molecule has 10 heteroatoms. The van der Waals surface area contributed by atoms with Crippen molar-refractivity contribution in [1.82, 2.24) is 8.87 Å². The summed E-state index contributed by atoms with van der Waals surface area (Å²) in [6.45, 7) is 4.78. The fourth-order valence-electron chi connectivity index (χ4n) is 5.14. The molecule has 3 heterocycles. The normalized spacial score (nSPS) is 17.5. The summed E-state index contributed by atoms with van der Waals surface area (Å²) >= 11 is 0. The zero-order chi connectivity index (χ0) is 26.7. The van der Waals surface area contributed by atoms with E-state index in [2.05, 4.69) is 6.92 Å². The van der Waals surface area contributed by atoms with E-state index in [1.54, 1.807) is 29.8 Å². The average Bonchev–Trinajstić information content (AvgIpc) is 3.36. The molecule has 1 atom stereocenters. The van der Waals surface area contributed by atoms with Gasteiger partial charge in [-0.2, -0.15) is 4.31 Å². The van der Waals surface area contributed by atoms with E-state index in [1.807, 2.05) is 13.1 Å². The molecule has 0 spiro atoms. The van der Waals surface area contributed by atoms with Crippen molar-refractivity contribution in [2.75, 3.05) is 26.3 Å². The summed E-state index contributed by atoms with van der Waals surface area (Å²) in [6, 6.07) is 4.85. The molecule has 0 unspecified atom stereocenters. The number of hydrogen-bond acceptors (Lipinski definition) is 7. The number of ether oxygens (including phenoxy) is 1. The Morgan fingerprint density at radius 2 is 1.92 bits per heavy atom. The standard InChI is InChI=1S/C27H37N3O6S/c1-4-6-19-16-29(3)27(33)22-15-23(28-26(19)22)21-14-20(7-8-25(21)36-13-5-2)37(34,35)30-11-9-18(10-12-30)24(32)17-31/h7-8,14,16,18,24,31-32H,4-6,9-13,15,17H2,1-3H3/t24-/m1/s1. The maximum absolute atomic E-state index is 13.6. The van der Waals surface area contributed by atoms with Gasteiger partial charge in [-0.25, -0.2) is 8.42 Å². The summed E-state index contributed by atoms with van der Waals surface area (Å²) < 4.78 is 36.1. The Kier molecular flexibility index (Phi) is 8.52. The number of hydrogen-bond donors (Lipinski definition) is 2. The average molecular weight is 532 g/mol. The van der Waals surface area contributed by atoms with Crippen molar-refractivity contribution < 1.29 is 23.4 Å². The van der Waals surface area contributed by atoms with E-state index in [-0.39, 0.29) is 36.1 Å². The summed E-state index contributed by atoms with van der Waals surface area (Å²) in [6.07, 6.45) is 4.79. The van der Waals surface area contributed by atoms with E-state index in [4.69, 9.17) is 9.73 Å². The van der Waals surface area contributed by atoms with Crippen LogP contribution in [0.15, 0.2) is 39.1 Å². The number of sulfonamides is 1. The SMILES string of the molecule is CCCOc1ccc(S(=O)(=O)N2CCC([C@H](O)CO)CC2)cc1C1=Nc2c(CCC)cn(C)c(=O)c2C1. The second kappa shape index (κ2) is 11.5. The van der Waals surface area contributed by atoms with Crippen LogP contribution in [-0.2, 0) is 29.9 Å². The molecule has 2 aromatic rings. The summed E-state index contributed by atoms with van der Waals surface area (Å²) in [5, 5.41) is 19.2. The lowest BCUT2D eigenvalue weighted by molar-refractivity contribution is 0.0278. The maximum Gasteiger partial charge on any atom is 0.256 e. The number of fused-ring (bicyclic) bond motifs is 1. The van der Waals surface area contributed by atoms with Gasteiger partial charge in [-0.3, -0.25) is 9.79 Å². The Bertz CT molecular complexity index is 1330. The molecular weight excluding hydrogens is 494 g/mol. The van der Waals surface area contributed by atoms with Gasteiger partial charge in [0.1, 0.15) is 5.75 Å². The van der Waals surface area contributed by atoms with Crippen LogP contribution in [0.2, 0.25) is 0 Å². The van der Waals surface area contributed by atoms with Gasteiger partial charge in [-0.05, 0) is 55.4 Å². The molecule has 1 saturated heterocycles. The van der Waals surface area contributed by atoms with Crippen molar-refractivity contribution in [3.63, 3.8) is 0 Å². The Balaban J connectivity index is 1.70. The van der Waals surface area contributed by atoms with Crippen LogP contribution in [0.5, 0.6) is 5.75 Å². The van der Waals surface area contributed by atoms with Crippen molar-refractivity contribution in [3.05, 3.63) is 51.4 Å². The molecule has 202 valence electrons. The molecule has 1 aromatic carbocycles. The number of aromatic nitrogens is 1. The molecule has 2 aliphatic rings. The summed E-state index contributed by atoms with van der Waals surface area (Å²) in [5.74, 6) is 0.425. The highest BCUT2D eigenvalue weighted by molar-refractivity contribution is 7.89. The van der Waals surface area contributed by atoms with Crippen LogP contribution in [0.1, 0.15) is 56.2 Å². The van der Waals surface area contributed by atoms with Gasteiger partial charge in [0.05, 0.1) is 35.6 Å². The topological polar surface area (TPSA) is 121 Å². The first-order valence-electron chi connectivity index (χ1n) is 13.1. The predicted octanol–water partition coefficient (Wildman–Crippen LogP) is 2.56. The van der Waals surface area contributed by atoms with Gasteiger partial charge in [-0.1, -0.05) is 20.3 Å². The molecule has 0 aliphatic carbocycles. The van der Waals surface area contributed by atoms with Gasteiger partial charge in [0.15, 0.2) is 0 Å². The molecule has 0 bridgehead atoms. The highest BCUT2D eigenvalue weighted by Crippen LogP contribution is 2.35. The third-order valence-electron chi connectivity index (χ3n) is 7.22. The zero-order valence-electron chi connectivity index (χ0n) is 21.8. The maximum atomic E-state index is 13.6. The molecule has 9 nitrogen and oxygen atoms in total. The summed E-state index contributed by atoms with van der Waals surface area (Å²) in [4.78, 5) is 17.9. The molecule has 4 rings (SSSR count). The molecule has 1 aromatic heterocycles. The Morgan fingerprint density at radius 1 is 1.19 bits per heavy atom. The molecular formula is C27H37N3O6S. The lowest BCUT2D eigenvalue weighted by Gasteiger charge is -2.33. The lowest BCUT2D eigenvalue weighted by atomic mass is 9.93. The number of aliphatic imine (C=N–C) groups is 1. The predicted molar refractivity (Wildman–Crippen MR) is 142 cm³/mol. The number of aliphatic hydroxyl groups is 2. The zero-order valence-corrected chi connectivity index (χ0v) is 22.6. The second-order valence-electron chi connectivity index (χ2n) is 9.88. The highest BCUT2D eigenvalue weighted by Gasteiger charge is 2.33. The van der Waals surface area contributed by atoms with Gasteiger partial charge in [0, 0.05) is 43.9 Å². The number of rotatable bonds is 10. The monoisotopic (exact) mass is 531 g/mol. The van der Waals surface area contributed by atoms with Crippen molar-refractivity contribution >= 4 is 21.4 Å². The van der Waals surface area contributed by atoms with Crippen molar-refractivity contribution in [2.24, 2.45) is 18.0 Å².